The lowest BCUT2D eigenvalue weighted by atomic mass is 10.2. The van der Waals surface area contributed by atoms with Crippen molar-refractivity contribution >= 4 is 62.3 Å². The van der Waals surface area contributed by atoms with Crippen LogP contribution in [0.1, 0.15) is 5.56 Å². The molecule has 0 aliphatic heterocycles. The predicted octanol–water partition coefficient (Wildman–Crippen LogP) is 5.22. The van der Waals surface area contributed by atoms with Crippen molar-refractivity contribution in [3.8, 4) is 11.5 Å². The van der Waals surface area contributed by atoms with Crippen LogP contribution >= 0.6 is 24.0 Å². The minimum Gasteiger partial charge on any atom is -0.456 e. The molecular formula is C24H22Cl2F3N5O4S. The Morgan fingerprint density at radius 1 is 1.13 bits per heavy atom. The number of carbonyl (C=O) groups is 1. The zero-order chi connectivity index (χ0) is 27.5. The molecule has 0 saturated carbocycles. The molecule has 0 saturated heterocycles. The lowest BCUT2D eigenvalue weighted by molar-refractivity contribution is -0.137. The molecule has 2 aromatic carbocycles. The standard InChI is InChI=1S/C24H21ClF3N5O4S.ClH/c1-38(35,36)13-21(34)29-8-10-33-9-7-19-22(33)23(31-14-30-19)32-16-5-6-20(18(25)12-16)37-17-4-2-3-15(11-17)24(26,27)28;/h2-7,9,11-12,14H,8,10,13H2,1H3,(H,29,34)(H,30,31,32);1H. The highest BCUT2D eigenvalue weighted by atomic mass is 35.5. The van der Waals surface area contributed by atoms with Crippen LogP contribution < -0.4 is 15.4 Å². The number of nitrogens with zero attached hydrogens (tertiary/aromatic N) is 3. The van der Waals surface area contributed by atoms with Gasteiger partial charge in [-0.1, -0.05) is 17.7 Å². The first-order valence-electron chi connectivity index (χ1n) is 11.0. The van der Waals surface area contributed by atoms with E-state index in [1.54, 1.807) is 22.9 Å². The van der Waals surface area contributed by atoms with Gasteiger partial charge >= 0.3 is 6.18 Å². The van der Waals surface area contributed by atoms with E-state index in [-0.39, 0.29) is 35.5 Å². The van der Waals surface area contributed by atoms with Crippen molar-refractivity contribution < 1.29 is 31.1 Å². The number of rotatable bonds is 9. The Bertz CT molecular complexity index is 1600. The Morgan fingerprint density at radius 2 is 1.90 bits per heavy atom. The molecule has 0 unspecified atom stereocenters. The first-order chi connectivity index (χ1) is 17.9. The maximum absolute atomic E-state index is 13.0. The Hall–Kier alpha value is -3.55. The summed E-state index contributed by atoms with van der Waals surface area (Å²) in [6.07, 6.45) is -0.390. The molecule has 0 aliphatic carbocycles. The van der Waals surface area contributed by atoms with Gasteiger partial charge in [-0.15, -0.1) is 12.4 Å². The van der Waals surface area contributed by atoms with Crippen LogP contribution in [0.25, 0.3) is 11.0 Å². The van der Waals surface area contributed by atoms with Gasteiger partial charge < -0.3 is 19.9 Å². The molecular weight excluding hydrogens is 582 g/mol. The summed E-state index contributed by atoms with van der Waals surface area (Å²) in [7, 11) is -3.43. The Balaban J connectivity index is 0.00000420. The van der Waals surface area contributed by atoms with E-state index in [0.717, 1.165) is 18.4 Å². The summed E-state index contributed by atoms with van der Waals surface area (Å²) in [6, 6.07) is 10.9. The quantitative estimate of drug-likeness (QED) is 0.269. The van der Waals surface area contributed by atoms with Crippen molar-refractivity contribution in [3.05, 3.63) is 71.6 Å². The average molecular weight is 604 g/mol. The topological polar surface area (TPSA) is 115 Å². The number of ether oxygens (including phenoxy) is 1. The number of benzene rings is 2. The van der Waals surface area contributed by atoms with Crippen LogP contribution in [0.5, 0.6) is 11.5 Å². The van der Waals surface area contributed by atoms with Crippen LogP contribution in [0.3, 0.4) is 0 Å². The van der Waals surface area contributed by atoms with E-state index in [0.29, 0.717) is 29.1 Å². The third-order valence-corrected chi connectivity index (χ3v) is 6.28. The van der Waals surface area contributed by atoms with Gasteiger partial charge in [-0.2, -0.15) is 13.2 Å². The highest BCUT2D eigenvalue weighted by molar-refractivity contribution is 7.91. The third-order valence-electron chi connectivity index (χ3n) is 5.20. The minimum absolute atomic E-state index is 0. The summed E-state index contributed by atoms with van der Waals surface area (Å²) in [5, 5.41) is 5.85. The maximum atomic E-state index is 13.0. The molecule has 208 valence electrons. The van der Waals surface area contributed by atoms with Gasteiger partial charge in [-0.05, 0) is 42.5 Å². The van der Waals surface area contributed by atoms with Gasteiger partial charge in [0.1, 0.15) is 29.1 Å². The number of fused-ring (bicyclic) bond motifs is 1. The first-order valence-corrected chi connectivity index (χ1v) is 13.5. The largest absolute Gasteiger partial charge is 0.456 e. The van der Waals surface area contributed by atoms with Crippen LogP contribution in [0.15, 0.2) is 61.1 Å². The maximum Gasteiger partial charge on any atom is 0.416 e. The van der Waals surface area contributed by atoms with E-state index >= 15 is 0 Å². The number of aromatic nitrogens is 3. The molecule has 15 heteroatoms. The summed E-state index contributed by atoms with van der Waals surface area (Å²) in [5.41, 5.74) is 0.946. The second kappa shape index (κ2) is 12.1. The lowest BCUT2D eigenvalue weighted by Crippen LogP contribution is -2.32. The molecule has 2 N–H and O–H groups in total. The number of amides is 1. The van der Waals surface area contributed by atoms with E-state index in [1.807, 2.05) is 0 Å². The highest BCUT2D eigenvalue weighted by Crippen LogP contribution is 2.36. The summed E-state index contributed by atoms with van der Waals surface area (Å²) < 4.78 is 68.8. The van der Waals surface area contributed by atoms with E-state index in [2.05, 4.69) is 20.6 Å². The fourth-order valence-electron chi connectivity index (χ4n) is 3.58. The SMILES string of the molecule is CS(=O)(=O)CC(=O)NCCn1ccc2ncnc(Nc3ccc(Oc4cccc(C(F)(F)F)c4)c(Cl)c3)c21.Cl. The summed E-state index contributed by atoms with van der Waals surface area (Å²) >= 11 is 6.34. The van der Waals surface area contributed by atoms with Gasteiger partial charge in [-0.3, -0.25) is 4.79 Å². The lowest BCUT2D eigenvalue weighted by Gasteiger charge is -2.13. The van der Waals surface area contributed by atoms with Crippen LogP contribution in [0, 0.1) is 0 Å². The monoisotopic (exact) mass is 603 g/mol. The van der Waals surface area contributed by atoms with Crippen molar-refractivity contribution in [3.63, 3.8) is 0 Å². The van der Waals surface area contributed by atoms with Crippen LogP contribution in [-0.2, 0) is 27.4 Å². The summed E-state index contributed by atoms with van der Waals surface area (Å²) in [5.74, 6) is -0.603. The van der Waals surface area contributed by atoms with E-state index in [1.165, 1.54) is 30.6 Å². The van der Waals surface area contributed by atoms with Crippen molar-refractivity contribution in [2.75, 3.05) is 23.9 Å². The molecule has 1 amide bonds. The number of sulfone groups is 1. The molecule has 0 spiro atoms. The number of nitrogens with one attached hydrogen (secondary N) is 2. The first kappa shape index (κ1) is 30.0. The van der Waals surface area contributed by atoms with E-state index < -0.39 is 33.2 Å². The van der Waals surface area contributed by atoms with Crippen molar-refractivity contribution in [1.29, 1.82) is 0 Å². The molecule has 0 atom stereocenters. The molecule has 0 aliphatic rings. The Morgan fingerprint density at radius 3 is 2.59 bits per heavy atom. The van der Waals surface area contributed by atoms with Crippen molar-refractivity contribution in [1.82, 2.24) is 19.9 Å². The van der Waals surface area contributed by atoms with Gasteiger partial charge in [0.25, 0.3) is 0 Å². The van der Waals surface area contributed by atoms with E-state index in [4.69, 9.17) is 16.3 Å². The smallest absolute Gasteiger partial charge is 0.416 e. The van der Waals surface area contributed by atoms with Crippen molar-refractivity contribution in [2.45, 2.75) is 12.7 Å². The zero-order valence-electron chi connectivity index (χ0n) is 20.2. The number of anilines is 2. The molecule has 4 rings (SSSR count). The number of hydrogen-bond donors (Lipinski definition) is 2. The van der Waals surface area contributed by atoms with Gasteiger partial charge in [0, 0.05) is 31.2 Å². The summed E-state index contributed by atoms with van der Waals surface area (Å²) in [6.45, 7) is 0.505. The number of halogens is 5. The van der Waals surface area contributed by atoms with Crippen molar-refractivity contribution in [2.24, 2.45) is 0 Å². The molecule has 0 fully saturated rings. The molecule has 9 nitrogen and oxygen atoms in total. The molecule has 0 radical (unpaired) electrons. The Labute approximate surface area is 232 Å². The Kier molecular flexibility index (Phi) is 9.30. The molecule has 4 aromatic rings. The minimum atomic E-state index is -4.50. The number of hydrogen-bond acceptors (Lipinski definition) is 7. The molecule has 0 bridgehead atoms. The zero-order valence-corrected chi connectivity index (χ0v) is 22.6. The average Bonchev–Trinajstić information content (AvgIpc) is 3.23. The van der Waals surface area contributed by atoms with Crippen LogP contribution in [-0.4, -0.2) is 47.4 Å². The van der Waals surface area contributed by atoms with Gasteiger partial charge in [0.05, 0.1) is 16.1 Å². The van der Waals surface area contributed by atoms with Gasteiger partial charge in [-0.25, -0.2) is 18.4 Å². The second-order valence-electron chi connectivity index (χ2n) is 8.28. The normalized spacial score (nSPS) is 11.6. The van der Waals surface area contributed by atoms with E-state index in [9.17, 15) is 26.4 Å². The fraction of sp³-hybridized carbons (Fsp3) is 0.208. The molecule has 2 heterocycles. The fourth-order valence-corrected chi connectivity index (χ4v) is 4.37. The molecule has 39 heavy (non-hydrogen) atoms. The number of alkyl halides is 3. The van der Waals surface area contributed by atoms with Gasteiger partial charge in [0.15, 0.2) is 15.7 Å². The van der Waals surface area contributed by atoms with Gasteiger partial charge in [0.2, 0.25) is 5.91 Å². The second-order valence-corrected chi connectivity index (χ2v) is 10.8. The highest BCUT2D eigenvalue weighted by Gasteiger charge is 2.30. The summed E-state index contributed by atoms with van der Waals surface area (Å²) in [4.78, 5) is 20.3. The predicted molar refractivity (Wildman–Crippen MR) is 144 cm³/mol. The third kappa shape index (κ3) is 7.97. The number of carbonyl (C=O) groups excluding carboxylic acids is 1. The van der Waals surface area contributed by atoms with Crippen LogP contribution in [0.4, 0.5) is 24.7 Å². The molecule has 2 aromatic heterocycles. The van der Waals surface area contributed by atoms with Crippen LogP contribution in [0.2, 0.25) is 5.02 Å².